The highest BCUT2D eigenvalue weighted by molar-refractivity contribution is 6.28. The highest BCUT2D eigenvalue weighted by atomic mass is 35.5. The van der Waals surface area contributed by atoms with Gasteiger partial charge in [0, 0.05) is 13.1 Å². The van der Waals surface area contributed by atoms with Crippen molar-refractivity contribution in [2.24, 2.45) is 0 Å². The lowest BCUT2D eigenvalue weighted by atomic mass is 10.3. The lowest BCUT2D eigenvalue weighted by Crippen LogP contribution is -2.22. The van der Waals surface area contributed by atoms with Crippen LogP contribution in [0.25, 0.3) is 0 Å². The highest BCUT2D eigenvalue weighted by Crippen LogP contribution is 2.17. The van der Waals surface area contributed by atoms with Crippen molar-refractivity contribution in [3.8, 4) is 0 Å². The highest BCUT2D eigenvalue weighted by Gasteiger charge is 2.03. The largest absolute Gasteiger partial charge is 0.448 e. The molecule has 0 aliphatic carbocycles. The second-order valence-electron chi connectivity index (χ2n) is 4.14. The fraction of sp³-hybridized carbons (Fsp3) is 0.357. The fourth-order valence-electron chi connectivity index (χ4n) is 1.86. The SMILES string of the molecule is CCN(CC)c1ccc(NCc2ccc(Cl)o2)cn1. The molecule has 0 bridgehead atoms. The monoisotopic (exact) mass is 279 g/mol. The molecule has 0 aromatic carbocycles. The summed E-state index contributed by atoms with van der Waals surface area (Å²) in [6.07, 6.45) is 1.83. The fourth-order valence-corrected chi connectivity index (χ4v) is 2.02. The van der Waals surface area contributed by atoms with Crippen LogP contribution >= 0.6 is 11.6 Å². The van der Waals surface area contributed by atoms with Gasteiger partial charge < -0.3 is 14.6 Å². The van der Waals surface area contributed by atoms with Crippen LogP contribution in [0.5, 0.6) is 0 Å². The van der Waals surface area contributed by atoms with E-state index in [1.165, 1.54) is 0 Å². The summed E-state index contributed by atoms with van der Waals surface area (Å²) in [7, 11) is 0. The first-order valence-electron chi connectivity index (χ1n) is 6.42. The van der Waals surface area contributed by atoms with E-state index in [1.54, 1.807) is 6.07 Å². The topological polar surface area (TPSA) is 41.3 Å². The molecule has 0 aliphatic heterocycles. The second-order valence-corrected chi connectivity index (χ2v) is 4.51. The first-order valence-corrected chi connectivity index (χ1v) is 6.79. The molecule has 0 aliphatic rings. The van der Waals surface area contributed by atoms with E-state index in [1.807, 2.05) is 24.4 Å². The molecule has 0 spiro atoms. The van der Waals surface area contributed by atoms with E-state index in [0.29, 0.717) is 11.8 Å². The number of pyridine rings is 1. The predicted molar refractivity (Wildman–Crippen MR) is 78.8 cm³/mol. The molecule has 5 heteroatoms. The van der Waals surface area contributed by atoms with Crippen LogP contribution in [0.2, 0.25) is 5.22 Å². The third kappa shape index (κ3) is 3.64. The lowest BCUT2D eigenvalue weighted by Gasteiger charge is -2.19. The molecule has 0 radical (unpaired) electrons. The molecular formula is C14H18ClN3O. The molecule has 0 fully saturated rings. The van der Waals surface area contributed by atoms with Crippen molar-refractivity contribution in [2.45, 2.75) is 20.4 Å². The van der Waals surface area contributed by atoms with Crippen LogP contribution in [0, 0.1) is 0 Å². The number of rotatable bonds is 6. The van der Waals surface area contributed by atoms with E-state index in [4.69, 9.17) is 16.0 Å². The lowest BCUT2D eigenvalue weighted by molar-refractivity contribution is 0.520. The third-order valence-electron chi connectivity index (χ3n) is 2.93. The molecule has 0 saturated carbocycles. The Kier molecular flexibility index (Phi) is 4.68. The summed E-state index contributed by atoms with van der Waals surface area (Å²) in [6.45, 7) is 6.76. The van der Waals surface area contributed by atoms with Crippen molar-refractivity contribution < 1.29 is 4.42 Å². The quantitative estimate of drug-likeness (QED) is 0.873. The van der Waals surface area contributed by atoms with Crippen LogP contribution in [0.4, 0.5) is 11.5 Å². The first kappa shape index (κ1) is 13.7. The number of halogens is 1. The van der Waals surface area contributed by atoms with Gasteiger partial charge in [-0.3, -0.25) is 0 Å². The van der Waals surface area contributed by atoms with Gasteiger partial charge in [0.2, 0.25) is 0 Å². The minimum absolute atomic E-state index is 0.409. The van der Waals surface area contributed by atoms with Gasteiger partial charge in [-0.1, -0.05) is 0 Å². The van der Waals surface area contributed by atoms with Crippen molar-refractivity contribution in [1.29, 1.82) is 0 Å². The zero-order valence-corrected chi connectivity index (χ0v) is 11.9. The van der Waals surface area contributed by atoms with Gasteiger partial charge in [-0.05, 0) is 49.7 Å². The Morgan fingerprint density at radius 2 is 2.00 bits per heavy atom. The summed E-state index contributed by atoms with van der Waals surface area (Å²) in [5.74, 6) is 1.80. The summed E-state index contributed by atoms with van der Waals surface area (Å²) in [4.78, 5) is 6.65. The average Bonchev–Trinajstić information content (AvgIpc) is 2.85. The number of nitrogens with one attached hydrogen (secondary N) is 1. The normalized spacial score (nSPS) is 10.5. The first-order chi connectivity index (χ1) is 9.22. The summed E-state index contributed by atoms with van der Waals surface area (Å²) in [5, 5.41) is 3.65. The minimum Gasteiger partial charge on any atom is -0.448 e. The van der Waals surface area contributed by atoms with Crippen LogP contribution in [-0.2, 0) is 6.54 Å². The van der Waals surface area contributed by atoms with Crippen molar-refractivity contribution in [3.05, 3.63) is 41.4 Å². The van der Waals surface area contributed by atoms with E-state index in [-0.39, 0.29) is 0 Å². The molecular weight excluding hydrogens is 262 g/mol. The Hall–Kier alpha value is -1.68. The standard InChI is InChI=1S/C14H18ClN3O/c1-3-18(4-2)14-8-5-11(9-17-14)16-10-12-6-7-13(15)19-12/h5-9,16H,3-4,10H2,1-2H3. The summed E-state index contributed by atoms with van der Waals surface area (Å²) >= 11 is 5.72. The maximum absolute atomic E-state index is 5.72. The van der Waals surface area contributed by atoms with Crippen molar-refractivity contribution in [2.75, 3.05) is 23.3 Å². The van der Waals surface area contributed by atoms with Gasteiger partial charge in [-0.25, -0.2) is 4.98 Å². The van der Waals surface area contributed by atoms with Crippen molar-refractivity contribution in [3.63, 3.8) is 0 Å². The van der Waals surface area contributed by atoms with Crippen LogP contribution in [0.1, 0.15) is 19.6 Å². The zero-order chi connectivity index (χ0) is 13.7. The van der Waals surface area contributed by atoms with E-state index >= 15 is 0 Å². The summed E-state index contributed by atoms with van der Waals surface area (Å²) in [5.41, 5.74) is 0.962. The van der Waals surface area contributed by atoms with Gasteiger partial charge in [-0.15, -0.1) is 0 Å². The molecule has 0 unspecified atom stereocenters. The van der Waals surface area contributed by atoms with Gasteiger partial charge in [0.1, 0.15) is 11.6 Å². The van der Waals surface area contributed by atoms with Crippen LogP contribution < -0.4 is 10.2 Å². The number of anilines is 2. The van der Waals surface area contributed by atoms with E-state index < -0.39 is 0 Å². The number of aromatic nitrogens is 1. The number of hydrogen-bond donors (Lipinski definition) is 1. The molecule has 1 N–H and O–H groups in total. The molecule has 0 saturated heterocycles. The van der Waals surface area contributed by atoms with Gasteiger partial charge >= 0.3 is 0 Å². The smallest absolute Gasteiger partial charge is 0.193 e. The number of furan rings is 1. The van der Waals surface area contributed by atoms with Crippen LogP contribution in [-0.4, -0.2) is 18.1 Å². The minimum atomic E-state index is 0.409. The molecule has 19 heavy (non-hydrogen) atoms. The average molecular weight is 280 g/mol. The maximum atomic E-state index is 5.72. The molecule has 4 nitrogen and oxygen atoms in total. The van der Waals surface area contributed by atoms with Crippen molar-refractivity contribution >= 4 is 23.1 Å². The van der Waals surface area contributed by atoms with Gasteiger partial charge in [0.25, 0.3) is 0 Å². The molecule has 2 heterocycles. The molecule has 102 valence electrons. The Labute approximate surface area is 118 Å². The van der Waals surface area contributed by atoms with Gasteiger partial charge in [-0.2, -0.15) is 0 Å². The van der Waals surface area contributed by atoms with E-state index in [0.717, 1.165) is 30.4 Å². The Balaban J connectivity index is 1.95. The third-order valence-corrected chi connectivity index (χ3v) is 3.13. The molecule has 2 aromatic heterocycles. The molecule has 0 amide bonds. The molecule has 2 aromatic rings. The second kappa shape index (κ2) is 6.48. The maximum Gasteiger partial charge on any atom is 0.193 e. The number of hydrogen-bond acceptors (Lipinski definition) is 4. The Morgan fingerprint density at radius 1 is 1.21 bits per heavy atom. The Morgan fingerprint density at radius 3 is 2.53 bits per heavy atom. The summed E-state index contributed by atoms with van der Waals surface area (Å²) in [6, 6.07) is 7.63. The van der Waals surface area contributed by atoms with Gasteiger partial charge in [0.05, 0.1) is 18.4 Å². The predicted octanol–water partition coefficient (Wildman–Crippen LogP) is 3.79. The van der Waals surface area contributed by atoms with Crippen molar-refractivity contribution in [1.82, 2.24) is 4.98 Å². The van der Waals surface area contributed by atoms with Crippen LogP contribution in [0.3, 0.4) is 0 Å². The molecule has 0 atom stereocenters. The Bertz CT molecular complexity index is 506. The number of nitrogens with zero attached hydrogens (tertiary/aromatic N) is 2. The van der Waals surface area contributed by atoms with Crippen LogP contribution in [0.15, 0.2) is 34.9 Å². The van der Waals surface area contributed by atoms with E-state index in [9.17, 15) is 0 Å². The van der Waals surface area contributed by atoms with E-state index in [2.05, 4.69) is 29.0 Å². The molecule has 2 rings (SSSR count). The van der Waals surface area contributed by atoms with Gasteiger partial charge in [0.15, 0.2) is 5.22 Å². The summed E-state index contributed by atoms with van der Waals surface area (Å²) < 4.78 is 5.28. The zero-order valence-electron chi connectivity index (χ0n) is 11.2.